The Bertz CT molecular complexity index is 144. The normalized spacial score (nSPS) is 11.2. The van der Waals surface area contributed by atoms with Crippen molar-refractivity contribution in [1.29, 1.82) is 5.26 Å². The molecule has 0 heterocycles. The van der Waals surface area contributed by atoms with E-state index in [-0.39, 0.29) is 0 Å². The molecule has 1 N–H and O–H groups in total. The molecule has 0 bridgehead atoms. The SMILES string of the molecule is C[Si](C)(C)CNCCCCC#N. The van der Waals surface area contributed by atoms with E-state index in [1.165, 1.54) is 6.17 Å². The molecule has 0 aliphatic heterocycles. The monoisotopic (exact) mass is 184 g/mol. The molecule has 0 amide bonds. The zero-order chi connectivity index (χ0) is 9.45. The maximum atomic E-state index is 8.29. The first-order valence-corrected chi connectivity index (χ1v) is 8.34. The molecule has 0 atom stereocenters. The summed E-state index contributed by atoms with van der Waals surface area (Å²) in [6.07, 6.45) is 4.07. The summed E-state index contributed by atoms with van der Waals surface area (Å²) in [6, 6.07) is 2.16. The molecule has 3 heteroatoms. The average molecular weight is 184 g/mol. The molecule has 0 aliphatic rings. The molecule has 0 aliphatic carbocycles. The quantitative estimate of drug-likeness (QED) is 0.507. The molecule has 0 saturated heterocycles. The highest BCUT2D eigenvalue weighted by Crippen LogP contribution is 1.97. The second-order valence-electron chi connectivity index (χ2n) is 4.35. The van der Waals surface area contributed by atoms with Crippen LogP contribution in [-0.4, -0.2) is 20.8 Å². The number of nitriles is 1. The van der Waals surface area contributed by atoms with Gasteiger partial charge in [-0.2, -0.15) is 5.26 Å². The van der Waals surface area contributed by atoms with Crippen LogP contribution in [0.1, 0.15) is 19.3 Å². The highest BCUT2D eigenvalue weighted by Gasteiger charge is 2.10. The molecule has 0 unspecified atom stereocenters. The maximum Gasteiger partial charge on any atom is 0.0621 e. The third-order valence-corrected chi connectivity index (χ3v) is 2.86. The second kappa shape index (κ2) is 6.21. The molecule has 0 spiro atoms. The summed E-state index contributed by atoms with van der Waals surface area (Å²) in [5.41, 5.74) is 0. The maximum absolute atomic E-state index is 8.29. The van der Waals surface area contributed by atoms with Gasteiger partial charge in [0.15, 0.2) is 0 Å². The van der Waals surface area contributed by atoms with Gasteiger partial charge < -0.3 is 5.32 Å². The molecule has 0 saturated carbocycles. The van der Waals surface area contributed by atoms with Crippen LogP contribution in [0.2, 0.25) is 19.6 Å². The van der Waals surface area contributed by atoms with Gasteiger partial charge in [-0.15, -0.1) is 0 Å². The van der Waals surface area contributed by atoms with Crippen LogP contribution in [0.4, 0.5) is 0 Å². The lowest BCUT2D eigenvalue weighted by Crippen LogP contribution is -2.36. The molecule has 70 valence electrons. The third-order valence-electron chi connectivity index (χ3n) is 1.55. The molecule has 0 fully saturated rings. The Morgan fingerprint density at radius 2 is 1.92 bits per heavy atom. The number of rotatable bonds is 6. The second-order valence-corrected chi connectivity index (χ2v) is 9.83. The van der Waals surface area contributed by atoms with Gasteiger partial charge in [0.2, 0.25) is 0 Å². The van der Waals surface area contributed by atoms with Gasteiger partial charge in [0.25, 0.3) is 0 Å². The van der Waals surface area contributed by atoms with Crippen molar-refractivity contribution < 1.29 is 0 Å². The zero-order valence-corrected chi connectivity index (χ0v) is 9.48. The lowest BCUT2D eigenvalue weighted by Gasteiger charge is -2.16. The molecular formula is C9H20N2Si. The van der Waals surface area contributed by atoms with Crippen LogP contribution in [0.25, 0.3) is 0 Å². The Labute approximate surface area is 77.0 Å². The van der Waals surface area contributed by atoms with Crippen molar-refractivity contribution in [2.24, 2.45) is 0 Å². The van der Waals surface area contributed by atoms with Gasteiger partial charge in [-0.3, -0.25) is 0 Å². The van der Waals surface area contributed by atoms with Crippen molar-refractivity contribution in [2.75, 3.05) is 12.7 Å². The summed E-state index contributed by atoms with van der Waals surface area (Å²) < 4.78 is 0. The predicted molar refractivity (Wildman–Crippen MR) is 55.7 cm³/mol. The molecule has 0 radical (unpaired) electrons. The van der Waals surface area contributed by atoms with E-state index in [0.29, 0.717) is 6.42 Å². The van der Waals surface area contributed by atoms with E-state index in [4.69, 9.17) is 5.26 Å². The van der Waals surface area contributed by atoms with E-state index in [9.17, 15) is 0 Å². The Hall–Kier alpha value is -0.333. The lowest BCUT2D eigenvalue weighted by atomic mass is 10.2. The van der Waals surface area contributed by atoms with Gasteiger partial charge in [0.05, 0.1) is 14.1 Å². The Morgan fingerprint density at radius 1 is 1.25 bits per heavy atom. The third kappa shape index (κ3) is 9.67. The summed E-state index contributed by atoms with van der Waals surface area (Å²) in [6.45, 7) is 8.14. The Balaban J connectivity index is 3.07. The van der Waals surface area contributed by atoms with Gasteiger partial charge in [0, 0.05) is 6.42 Å². The minimum Gasteiger partial charge on any atom is -0.319 e. The molecule has 12 heavy (non-hydrogen) atoms. The number of unbranched alkanes of at least 4 members (excludes halogenated alkanes) is 2. The minimum atomic E-state index is -0.902. The topological polar surface area (TPSA) is 35.8 Å². The molecular weight excluding hydrogens is 164 g/mol. The summed E-state index contributed by atoms with van der Waals surface area (Å²) in [5.74, 6) is 0. The van der Waals surface area contributed by atoms with Crippen LogP contribution in [0.5, 0.6) is 0 Å². The van der Waals surface area contributed by atoms with E-state index in [2.05, 4.69) is 31.0 Å². The standard InChI is InChI=1S/C9H20N2Si/c1-12(2,3)9-11-8-6-4-5-7-10/h11H,4-6,8-9H2,1-3H3. The van der Waals surface area contributed by atoms with Crippen molar-refractivity contribution in [3.63, 3.8) is 0 Å². The van der Waals surface area contributed by atoms with Crippen molar-refractivity contribution in [3.05, 3.63) is 0 Å². The van der Waals surface area contributed by atoms with Crippen molar-refractivity contribution in [2.45, 2.75) is 38.9 Å². The molecule has 0 aromatic carbocycles. The molecule has 0 aromatic heterocycles. The lowest BCUT2D eigenvalue weighted by molar-refractivity contribution is 0.671. The number of hydrogen-bond donors (Lipinski definition) is 1. The summed E-state index contributed by atoms with van der Waals surface area (Å²) >= 11 is 0. The fourth-order valence-corrected chi connectivity index (χ4v) is 1.84. The van der Waals surface area contributed by atoms with Crippen molar-refractivity contribution >= 4 is 8.07 Å². The highest BCUT2D eigenvalue weighted by atomic mass is 28.3. The van der Waals surface area contributed by atoms with Crippen LogP contribution in [0.15, 0.2) is 0 Å². The van der Waals surface area contributed by atoms with Crippen molar-refractivity contribution in [3.8, 4) is 6.07 Å². The van der Waals surface area contributed by atoms with Crippen LogP contribution in [0, 0.1) is 11.3 Å². The zero-order valence-electron chi connectivity index (χ0n) is 8.48. The fraction of sp³-hybridized carbons (Fsp3) is 0.889. The van der Waals surface area contributed by atoms with E-state index in [0.717, 1.165) is 19.4 Å². The van der Waals surface area contributed by atoms with Gasteiger partial charge in [-0.05, 0) is 25.6 Å². The average Bonchev–Trinajstić information content (AvgIpc) is 1.94. The van der Waals surface area contributed by atoms with Crippen molar-refractivity contribution in [1.82, 2.24) is 5.32 Å². The van der Waals surface area contributed by atoms with Gasteiger partial charge in [0.1, 0.15) is 0 Å². The summed E-state index contributed by atoms with van der Waals surface area (Å²) in [4.78, 5) is 0. The summed E-state index contributed by atoms with van der Waals surface area (Å²) in [5, 5.41) is 11.7. The first-order chi connectivity index (χ1) is 5.56. The highest BCUT2D eigenvalue weighted by molar-refractivity contribution is 6.76. The van der Waals surface area contributed by atoms with E-state index in [1.54, 1.807) is 0 Å². The van der Waals surface area contributed by atoms with E-state index < -0.39 is 8.07 Å². The molecule has 0 rings (SSSR count). The van der Waals surface area contributed by atoms with Gasteiger partial charge in [-0.1, -0.05) is 19.6 Å². The number of nitrogens with zero attached hydrogens (tertiary/aromatic N) is 1. The Morgan fingerprint density at radius 3 is 2.42 bits per heavy atom. The summed E-state index contributed by atoms with van der Waals surface area (Å²) in [7, 11) is -0.902. The first-order valence-electron chi connectivity index (χ1n) is 4.64. The van der Waals surface area contributed by atoms with Crippen LogP contribution < -0.4 is 5.32 Å². The largest absolute Gasteiger partial charge is 0.319 e. The molecule has 0 aromatic rings. The van der Waals surface area contributed by atoms with E-state index in [1.807, 2.05) is 0 Å². The smallest absolute Gasteiger partial charge is 0.0621 e. The Kier molecular flexibility index (Phi) is 6.04. The van der Waals surface area contributed by atoms with Gasteiger partial charge in [-0.25, -0.2) is 0 Å². The van der Waals surface area contributed by atoms with Crippen LogP contribution >= 0.6 is 0 Å². The minimum absolute atomic E-state index is 0.703. The number of nitrogens with one attached hydrogen (secondary N) is 1. The van der Waals surface area contributed by atoms with Gasteiger partial charge >= 0.3 is 0 Å². The predicted octanol–water partition coefficient (Wildman–Crippen LogP) is 2.15. The number of hydrogen-bond acceptors (Lipinski definition) is 2. The first kappa shape index (κ1) is 11.7. The van der Waals surface area contributed by atoms with Crippen LogP contribution in [0.3, 0.4) is 0 Å². The molecule has 2 nitrogen and oxygen atoms in total. The fourth-order valence-electron chi connectivity index (χ4n) is 0.917. The van der Waals surface area contributed by atoms with E-state index >= 15 is 0 Å². The van der Waals surface area contributed by atoms with Crippen LogP contribution in [-0.2, 0) is 0 Å².